The molecule has 2 N–H and O–H groups in total. The van der Waals surface area contributed by atoms with Crippen LogP contribution in [0.5, 0.6) is 5.75 Å². The van der Waals surface area contributed by atoms with E-state index in [-0.39, 0.29) is 22.8 Å². The summed E-state index contributed by atoms with van der Waals surface area (Å²) < 4.78 is 32.3. The van der Waals surface area contributed by atoms with Crippen LogP contribution in [0.2, 0.25) is 5.02 Å². The van der Waals surface area contributed by atoms with E-state index in [1.54, 1.807) is 6.07 Å². The number of hydrogen-bond donors (Lipinski definition) is 2. The van der Waals surface area contributed by atoms with Crippen LogP contribution in [0.4, 0.5) is 8.78 Å². The zero-order valence-corrected chi connectivity index (χ0v) is 13.9. The predicted molar refractivity (Wildman–Crippen MR) is 87.9 cm³/mol. The molecule has 0 heterocycles. The molecule has 132 valence electrons. The molecule has 8 heteroatoms. The minimum absolute atomic E-state index is 0.0200. The van der Waals surface area contributed by atoms with Crippen molar-refractivity contribution in [3.63, 3.8) is 0 Å². The molecule has 2 amide bonds. The van der Waals surface area contributed by atoms with Gasteiger partial charge in [-0.3, -0.25) is 20.4 Å². The number of amides is 2. The van der Waals surface area contributed by atoms with E-state index in [9.17, 15) is 18.4 Å². The number of benzene rings is 2. The van der Waals surface area contributed by atoms with Crippen LogP contribution < -0.4 is 15.6 Å². The Morgan fingerprint density at radius 3 is 2.44 bits per heavy atom. The molecule has 5 nitrogen and oxygen atoms in total. The van der Waals surface area contributed by atoms with Crippen LogP contribution in [0.3, 0.4) is 0 Å². The van der Waals surface area contributed by atoms with Gasteiger partial charge in [0.1, 0.15) is 5.82 Å². The highest BCUT2D eigenvalue weighted by Crippen LogP contribution is 2.19. The maximum atomic E-state index is 13.6. The number of hydrazine groups is 1. The highest BCUT2D eigenvalue weighted by molar-refractivity contribution is 6.31. The molecule has 1 unspecified atom stereocenters. The smallest absolute Gasteiger partial charge is 0.279 e. The van der Waals surface area contributed by atoms with Gasteiger partial charge in [-0.2, -0.15) is 0 Å². The minimum atomic E-state index is -1.06. The van der Waals surface area contributed by atoms with E-state index in [1.165, 1.54) is 43.3 Å². The fourth-order valence-corrected chi connectivity index (χ4v) is 2.15. The second-order valence-electron chi connectivity index (χ2n) is 5.10. The number of nitrogens with one attached hydrogen (secondary N) is 2. The van der Waals surface area contributed by atoms with Gasteiger partial charge in [-0.25, -0.2) is 8.78 Å². The summed E-state index contributed by atoms with van der Waals surface area (Å²) in [4.78, 5) is 23.7. The molecule has 0 radical (unpaired) electrons. The van der Waals surface area contributed by atoms with Crippen LogP contribution in [0, 0.1) is 11.6 Å². The Hall–Kier alpha value is -2.67. The van der Waals surface area contributed by atoms with Crippen LogP contribution in [0.25, 0.3) is 0 Å². The molecule has 0 spiro atoms. The molecule has 0 bridgehead atoms. The van der Waals surface area contributed by atoms with Gasteiger partial charge >= 0.3 is 0 Å². The molecule has 2 rings (SSSR count). The Labute approximate surface area is 147 Å². The molecule has 0 fully saturated rings. The van der Waals surface area contributed by atoms with E-state index in [2.05, 4.69) is 10.9 Å². The average molecular weight is 369 g/mol. The number of rotatable bonds is 5. The van der Waals surface area contributed by atoms with Crippen molar-refractivity contribution in [3.8, 4) is 5.75 Å². The van der Waals surface area contributed by atoms with Crippen LogP contribution in [-0.2, 0) is 16.0 Å². The van der Waals surface area contributed by atoms with E-state index in [4.69, 9.17) is 16.3 Å². The highest BCUT2D eigenvalue weighted by atomic mass is 35.5. The summed E-state index contributed by atoms with van der Waals surface area (Å²) in [5.74, 6) is -2.69. The Morgan fingerprint density at radius 2 is 1.76 bits per heavy atom. The SMILES string of the molecule is CC(Oc1ccccc1F)C(=O)NNC(=O)Cc1c(F)cccc1Cl. The number of carbonyl (C=O) groups is 2. The Kier molecular flexibility index (Phi) is 6.30. The second-order valence-corrected chi connectivity index (χ2v) is 5.51. The molecule has 0 aliphatic heterocycles. The third kappa shape index (κ3) is 5.15. The molecule has 2 aromatic rings. The van der Waals surface area contributed by atoms with E-state index in [0.717, 1.165) is 0 Å². The van der Waals surface area contributed by atoms with Crippen molar-refractivity contribution in [2.24, 2.45) is 0 Å². The molecule has 0 aliphatic rings. The van der Waals surface area contributed by atoms with Gasteiger partial charge in [0.25, 0.3) is 5.91 Å². The van der Waals surface area contributed by atoms with Crippen LogP contribution >= 0.6 is 11.6 Å². The van der Waals surface area contributed by atoms with E-state index >= 15 is 0 Å². The van der Waals surface area contributed by atoms with Crippen molar-refractivity contribution < 1.29 is 23.1 Å². The molecule has 0 saturated heterocycles. The molecule has 0 saturated carbocycles. The third-order valence-corrected chi connectivity index (χ3v) is 3.59. The number of para-hydroxylation sites is 1. The Morgan fingerprint density at radius 1 is 1.08 bits per heavy atom. The van der Waals surface area contributed by atoms with Crippen LogP contribution in [0.1, 0.15) is 12.5 Å². The summed E-state index contributed by atoms with van der Waals surface area (Å²) in [7, 11) is 0. The standard InChI is InChI=1S/C17H15ClF2N2O3/c1-10(25-15-8-3-2-6-14(15)20)17(24)22-21-16(23)9-11-12(18)5-4-7-13(11)19/h2-8,10H,9H2,1H3,(H,21,23)(H,22,24). The topological polar surface area (TPSA) is 67.4 Å². The third-order valence-electron chi connectivity index (χ3n) is 3.23. The van der Waals surface area contributed by atoms with Crippen LogP contribution in [0.15, 0.2) is 42.5 Å². The van der Waals surface area contributed by atoms with Crippen LogP contribution in [-0.4, -0.2) is 17.9 Å². The monoisotopic (exact) mass is 368 g/mol. The lowest BCUT2D eigenvalue weighted by molar-refractivity contribution is -0.132. The average Bonchev–Trinajstić information content (AvgIpc) is 2.58. The fraction of sp³-hybridized carbons (Fsp3) is 0.176. The van der Waals surface area contributed by atoms with Crippen molar-refractivity contribution in [1.82, 2.24) is 10.9 Å². The minimum Gasteiger partial charge on any atom is -0.478 e. The summed E-state index contributed by atoms with van der Waals surface area (Å²) in [6.45, 7) is 1.39. The summed E-state index contributed by atoms with van der Waals surface area (Å²) in [5, 5.41) is 0.109. The maximum absolute atomic E-state index is 13.6. The lowest BCUT2D eigenvalue weighted by Gasteiger charge is -2.15. The number of carbonyl (C=O) groups excluding carboxylic acids is 2. The predicted octanol–water partition coefficient (Wildman–Crippen LogP) is 2.78. The molecule has 25 heavy (non-hydrogen) atoms. The summed E-state index contributed by atoms with van der Waals surface area (Å²) in [6.07, 6.45) is -1.41. The molecular formula is C17H15ClF2N2O3. The Balaban J connectivity index is 1.87. The lowest BCUT2D eigenvalue weighted by atomic mass is 10.1. The molecule has 0 aliphatic carbocycles. The fourth-order valence-electron chi connectivity index (χ4n) is 1.92. The van der Waals surface area contributed by atoms with Crippen molar-refractivity contribution >= 4 is 23.4 Å². The van der Waals surface area contributed by atoms with Crippen molar-refractivity contribution in [2.45, 2.75) is 19.4 Å². The zero-order chi connectivity index (χ0) is 18.4. The van der Waals surface area contributed by atoms with Gasteiger partial charge in [0, 0.05) is 10.6 Å². The zero-order valence-electron chi connectivity index (χ0n) is 13.2. The molecule has 2 aromatic carbocycles. The van der Waals surface area contributed by atoms with Gasteiger partial charge in [-0.1, -0.05) is 29.8 Å². The van der Waals surface area contributed by atoms with Gasteiger partial charge in [0.2, 0.25) is 5.91 Å². The second kappa shape index (κ2) is 8.43. The molecule has 0 aromatic heterocycles. The quantitative estimate of drug-likeness (QED) is 0.797. The lowest BCUT2D eigenvalue weighted by Crippen LogP contribution is -2.47. The first-order chi connectivity index (χ1) is 11.9. The van der Waals surface area contributed by atoms with Gasteiger partial charge in [0.05, 0.1) is 6.42 Å². The largest absolute Gasteiger partial charge is 0.478 e. The Bertz CT molecular complexity index is 766. The number of hydrogen-bond acceptors (Lipinski definition) is 3. The number of halogens is 3. The van der Waals surface area contributed by atoms with Gasteiger partial charge in [-0.05, 0) is 31.2 Å². The first kappa shape index (κ1) is 18.7. The normalized spacial score (nSPS) is 11.5. The van der Waals surface area contributed by atoms with Crippen molar-refractivity contribution in [3.05, 3.63) is 64.7 Å². The van der Waals surface area contributed by atoms with Gasteiger partial charge < -0.3 is 4.74 Å². The summed E-state index contributed by atoms with van der Waals surface area (Å²) in [5.41, 5.74) is 4.28. The van der Waals surface area contributed by atoms with E-state index in [1.807, 2.05) is 0 Å². The van der Waals surface area contributed by atoms with Gasteiger partial charge in [-0.15, -0.1) is 0 Å². The molecule has 1 atom stereocenters. The molecular weight excluding hydrogens is 354 g/mol. The maximum Gasteiger partial charge on any atom is 0.279 e. The summed E-state index contributed by atoms with van der Waals surface area (Å²) in [6, 6.07) is 9.66. The van der Waals surface area contributed by atoms with Gasteiger partial charge in [0.15, 0.2) is 17.7 Å². The first-order valence-electron chi connectivity index (χ1n) is 7.31. The van der Waals surface area contributed by atoms with E-state index < -0.39 is 29.6 Å². The van der Waals surface area contributed by atoms with Crippen molar-refractivity contribution in [2.75, 3.05) is 0 Å². The van der Waals surface area contributed by atoms with Crippen molar-refractivity contribution in [1.29, 1.82) is 0 Å². The van der Waals surface area contributed by atoms with E-state index in [0.29, 0.717) is 0 Å². The highest BCUT2D eigenvalue weighted by Gasteiger charge is 2.18. The number of ether oxygens (including phenoxy) is 1. The first-order valence-corrected chi connectivity index (χ1v) is 7.69. The summed E-state index contributed by atoms with van der Waals surface area (Å²) >= 11 is 5.83.